The van der Waals surface area contributed by atoms with E-state index in [1.807, 2.05) is 19.9 Å². The number of aromatic nitrogens is 1. The molecule has 3 aromatic rings. The van der Waals surface area contributed by atoms with Crippen molar-refractivity contribution >= 4 is 38.5 Å². The number of nitrogens with one attached hydrogen (secondary N) is 1. The van der Waals surface area contributed by atoms with E-state index in [0.29, 0.717) is 36.5 Å². The molecule has 1 aliphatic rings. The summed E-state index contributed by atoms with van der Waals surface area (Å²) in [6.07, 6.45) is 2.40. The molecule has 0 aliphatic carbocycles. The summed E-state index contributed by atoms with van der Waals surface area (Å²) >= 11 is 0. The molecule has 0 saturated carbocycles. The summed E-state index contributed by atoms with van der Waals surface area (Å²) in [7, 11) is -3.68. The number of amides is 1. The van der Waals surface area contributed by atoms with Crippen molar-refractivity contribution in [1.82, 2.24) is 8.87 Å². The third-order valence-electron chi connectivity index (χ3n) is 5.96. The Morgan fingerprint density at radius 1 is 1.17 bits per heavy atom. The lowest BCUT2D eigenvalue weighted by molar-refractivity contribution is -0.137. The fraction of sp³-hybridized carbons (Fsp3) is 0.360. The SMILES string of the molecule is CC(=O)Nc1ccc2c(C3CCN(S(=O)(=O)c4ccc(OC(C)C)cc4)C3)cn(CC(=O)O)c2c1. The number of nitrogens with zero attached hydrogens (tertiary/aromatic N) is 2. The van der Waals surface area contributed by atoms with Crippen LogP contribution in [0.5, 0.6) is 5.75 Å². The molecule has 1 fully saturated rings. The molecule has 0 bridgehead atoms. The van der Waals surface area contributed by atoms with Gasteiger partial charge in [0.25, 0.3) is 0 Å². The zero-order valence-electron chi connectivity index (χ0n) is 19.9. The van der Waals surface area contributed by atoms with Crippen LogP contribution in [0.25, 0.3) is 10.9 Å². The van der Waals surface area contributed by atoms with Crippen molar-refractivity contribution < 1.29 is 27.9 Å². The topological polar surface area (TPSA) is 118 Å². The summed E-state index contributed by atoms with van der Waals surface area (Å²) in [6.45, 7) is 5.65. The Morgan fingerprint density at radius 3 is 2.51 bits per heavy atom. The molecule has 35 heavy (non-hydrogen) atoms. The van der Waals surface area contributed by atoms with Gasteiger partial charge in [-0.1, -0.05) is 6.07 Å². The molecule has 1 aliphatic heterocycles. The van der Waals surface area contributed by atoms with Crippen LogP contribution < -0.4 is 10.1 Å². The highest BCUT2D eigenvalue weighted by molar-refractivity contribution is 7.89. The van der Waals surface area contributed by atoms with E-state index in [1.165, 1.54) is 11.2 Å². The fourth-order valence-electron chi connectivity index (χ4n) is 4.52. The first kappa shape index (κ1) is 24.7. The molecule has 0 spiro atoms. The van der Waals surface area contributed by atoms with Gasteiger partial charge in [0, 0.05) is 43.2 Å². The van der Waals surface area contributed by atoms with E-state index in [9.17, 15) is 23.1 Å². The Balaban J connectivity index is 1.61. The average Bonchev–Trinajstić information content (AvgIpc) is 3.39. The van der Waals surface area contributed by atoms with Crippen molar-refractivity contribution in [3.63, 3.8) is 0 Å². The normalized spacial score (nSPS) is 16.6. The van der Waals surface area contributed by atoms with E-state index in [1.54, 1.807) is 47.2 Å². The van der Waals surface area contributed by atoms with Gasteiger partial charge in [0.05, 0.1) is 16.5 Å². The summed E-state index contributed by atoms with van der Waals surface area (Å²) in [4.78, 5) is 23.1. The number of carbonyl (C=O) groups excluding carboxylic acids is 1. The fourth-order valence-corrected chi connectivity index (χ4v) is 6.02. The van der Waals surface area contributed by atoms with Crippen LogP contribution in [-0.2, 0) is 26.2 Å². The van der Waals surface area contributed by atoms with Crippen molar-refractivity contribution in [2.75, 3.05) is 18.4 Å². The summed E-state index contributed by atoms with van der Waals surface area (Å²) < 4.78 is 35.2. The standard InChI is InChI=1S/C25H29N3O6S/c1-16(2)34-20-5-7-21(8-6-20)35(32,33)28-11-10-18(13-28)23-14-27(15-25(30)31)24-12-19(26-17(3)29)4-9-22(23)24/h4-9,12,14,16,18H,10-11,13,15H2,1-3H3,(H,26,29)(H,30,31). The predicted octanol–water partition coefficient (Wildman–Crippen LogP) is 3.65. The maximum atomic E-state index is 13.3. The number of benzene rings is 2. The summed E-state index contributed by atoms with van der Waals surface area (Å²) in [5.74, 6) is -0.680. The predicted molar refractivity (Wildman–Crippen MR) is 132 cm³/mol. The number of carbonyl (C=O) groups is 2. The van der Waals surface area contributed by atoms with Crippen LogP contribution in [0, 0.1) is 0 Å². The number of hydrogen-bond acceptors (Lipinski definition) is 5. The molecular formula is C25H29N3O6S. The number of rotatable bonds is 8. The highest BCUT2D eigenvalue weighted by Crippen LogP contribution is 2.37. The molecule has 1 aromatic heterocycles. The molecule has 1 saturated heterocycles. The maximum Gasteiger partial charge on any atom is 0.323 e. The zero-order valence-corrected chi connectivity index (χ0v) is 20.7. The quantitative estimate of drug-likeness (QED) is 0.489. The summed E-state index contributed by atoms with van der Waals surface area (Å²) in [5.41, 5.74) is 2.14. The minimum Gasteiger partial charge on any atom is -0.491 e. The van der Waals surface area contributed by atoms with E-state index < -0.39 is 16.0 Å². The lowest BCUT2D eigenvalue weighted by Crippen LogP contribution is -2.28. The molecule has 10 heteroatoms. The second kappa shape index (κ2) is 9.71. The zero-order chi connectivity index (χ0) is 25.3. The number of anilines is 1. The lowest BCUT2D eigenvalue weighted by Gasteiger charge is -2.17. The van der Waals surface area contributed by atoms with Gasteiger partial charge in [-0.2, -0.15) is 4.31 Å². The van der Waals surface area contributed by atoms with Gasteiger partial charge in [0.15, 0.2) is 0 Å². The first-order valence-electron chi connectivity index (χ1n) is 11.4. The molecule has 2 aromatic carbocycles. The van der Waals surface area contributed by atoms with E-state index in [-0.39, 0.29) is 29.4 Å². The molecule has 1 unspecified atom stereocenters. The van der Waals surface area contributed by atoms with Crippen molar-refractivity contribution in [3.8, 4) is 5.75 Å². The average molecular weight is 500 g/mol. The van der Waals surface area contributed by atoms with Gasteiger partial charge in [-0.05, 0) is 62.2 Å². The monoisotopic (exact) mass is 499 g/mol. The number of ether oxygens (including phenoxy) is 1. The molecule has 4 rings (SSSR count). The molecule has 9 nitrogen and oxygen atoms in total. The van der Waals surface area contributed by atoms with Crippen LogP contribution in [0.2, 0.25) is 0 Å². The van der Waals surface area contributed by atoms with Crippen molar-refractivity contribution in [3.05, 3.63) is 54.2 Å². The molecule has 0 radical (unpaired) electrons. The van der Waals surface area contributed by atoms with Crippen LogP contribution in [0.15, 0.2) is 53.6 Å². The minimum absolute atomic E-state index is 0.00521. The number of fused-ring (bicyclic) bond motifs is 1. The van der Waals surface area contributed by atoms with Gasteiger partial charge in [-0.25, -0.2) is 8.42 Å². The van der Waals surface area contributed by atoms with Gasteiger partial charge in [0.1, 0.15) is 12.3 Å². The van der Waals surface area contributed by atoms with Crippen molar-refractivity contribution in [1.29, 1.82) is 0 Å². The van der Waals surface area contributed by atoms with E-state index in [0.717, 1.165) is 10.9 Å². The largest absolute Gasteiger partial charge is 0.491 e. The third-order valence-corrected chi connectivity index (χ3v) is 7.84. The summed E-state index contributed by atoms with van der Waals surface area (Å²) in [6, 6.07) is 11.8. The Hall–Kier alpha value is -3.37. The smallest absolute Gasteiger partial charge is 0.323 e. The number of carboxylic acids is 1. The minimum atomic E-state index is -3.68. The molecular weight excluding hydrogens is 470 g/mol. The van der Waals surface area contributed by atoms with Gasteiger partial charge in [0.2, 0.25) is 15.9 Å². The number of carboxylic acid groups (broad SMARTS) is 1. The van der Waals surface area contributed by atoms with Crippen LogP contribution in [0.4, 0.5) is 5.69 Å². The molecule has 1 atom stereocenters. The highest BCUT2D eigenvalue weighted by atomic mass is 32.2. The first-order chi connectivity index (χ1) is 16.5. The number of aliphatic carboxylic acids is 1. The van der Waals surface area contributed by atoms with Gasteiger partial charge >= 0.3 is 5.97 Å². The van der Waals surface area contributed by atoms with Crippen LogP contribution >= 0.6 is 0 Å². The Morgan fingerprint density at radius 2 is 1.89 bits per heavy atom. The maximum absolute atomic E-state index is 13.3. The second-order valence-corrected chi connectivity index (χ2v) is 10.9. The lowest BCUT2D eigenvalue weighted by atomic mass is 9.98. The third kappa shape index (κ3) is 5.33. The van der Waals surface area contributed by atoms with Crippen LogP contribution in [0.1, 0.15) is 38.7 Å². The highest BCUT2D eigenvalue weighted by Gasteiger charge is 2.34. The molecule has 2 N–H and O–H groups in total. The van der Waals surface area contributed by atoms with Gasteiger partial charge in [-0.15, -0.1) is 0 Å². The van der Waals surface area contributed by atoms with Crippen molar-refractivity contribution in [2.24, 2.45) is 0 Å². The van der Waals surface area contributed by atoms with Crippen LogP contribution in [-0.4, -0.2) is 53.5 Å². The Bertz CT molecular complexity index is 1360. The molecule has 2 heterocycles. The van der Waals surface area contributed by atoms with Gasteiger partial charge < -0.3 is 19.7 Å². The Kier molecular flexibility index (Phi) is 6.86. The summed E-state index contributed by atoms with van der Waals surface area (Å²) in [5, 5.41) is 12.9. The van der Waals surface area contributed by atoms with E-state index in [2.05, 4.69) is 5.32 Å². The van der Waals surface area contributed by atoms with E-state index >= 15 is 0 Å². The number of hydrogen-bond donors (Lipinski definition) is 2. The van der Waals surface area contributed by atoms with Gasteiger partial charge in [-0.3, -0.25) is 9.59 Å². The number of sulfonamides is 1. The van der Waals surface area contributed by atoms with Crippen molar-refractivity contribution in [2.45, 2.75) is 50.7 Å². The molecule has 1 amide bonds. The second-order valence-electron chi connectivity index (χ2n) is 9.01. The Labute approximate surface area is 204 Å². The van der Waals surface area contributed by atoms with E-state index in [4.69, 9.17) is 4.74 Å². The molecule has 186 valence electrons. The van der Waals surface area contributed by atoms with Crippen LogP contribution in [0.3, 0.4) is 0 Å². The first-order valence-corrected chi connectivity index (χ1v) is 12.9.